The van der Waals surface area contributed by atoms with Gasteiger partial charge in [0.2, 0.25) is 0 Å². The minimum Gasteiger partial charge on any atom is -0.481 e. The summed E-state index contributed by atoms with van der Waals surface area (Å²) in [6.45, 7) is 1.90. The van der Waals surface area contributed by atoms with Crippen LogP contribution in [-0.2, 0) is 4.79 Å². The topological polar surface area (TPSA) is 83.6 Å². The van der Waals surface area contributed by atoms with Crippen LogP contribution in [0.3, 0.4) is 0 Å². The Kier molecular flexibility index (Phi) is 4.37. The van der Waals surface area contributed by atoms with E-state index in [0.717, 1.165) is 0 Å². The standard InChI is InChI=1S/C15H16N2O4/c1-10-11(15(20)17(2)8-7-14(18)19)5-6-12(16-10)13-4-3-9-21-13/h3-6,9H,7-8H2,1-2H3,(H,18,19). The molecule has 0 saturated carbocycles. The third-order valence-corrected chi connectivity index (χ3v) is 3.10. The first-order valence-electron chi connectivity index (χ1n) is 6.48. The number of pyridine rings is 1. The van der Waals surface area contributed by atoms with Crippen molar-refractivity contribution in [1.82, 2.24) is 9.88 Å². The van der Waals surface area contributed by atoms with E-state index < -0.39 is 5.97 Å². The van der Waals surface area contributed by atoms with Crippen LogP contribution < -0.4 is 0 Å². The van der Waals surface area contributed by atoms with E-state index in [1.165, 1.54) is 4.90 Å². The van der Waals surface area contributed by atoms with Gasteiger partial charge in [-0.15, -0.1) is 0 Å². The van der Waals surface area contributed by atoms with Crippen LogP contribution in [0.25, 0.3) is 11.5 Å². The highest BCUT2D eigenvalue weighted by molar-refractivity contribution is 5.95. The number of furan rings is 1. The summed E-state index contributed by atoms with van der Waals surface area (Å²) in [4.78, 5) is 28.5. The van der Waals surface area contributed by atoms with Crippen molar-refractivity contribution in [3.63, 3.8) is 0 Å². The highest BCUT2D eigenvalue weighted by Crippen LogP contribution is 2.20. The van der Waals surface area contributed by atoms with Crippen molar-refractivity contribution in [3.8, 4) is 11.5 Å². The van der Waals surface area contributed by atoms with E-state index in [0.29, 0.717) is 22.7 Å². The van der Waals surface area contributed by atoms with Gasteiger partial charge in [0.05, 0.1) is 23.9 Å². The zero-order valence-corrected chi connectivity index (χ0v) is 11.9. The predicted molar refractivity (Wildman–Crippen MR) is 75.9 cm³/mol. The maximum Gasteiger partial charge on any atom is 0.305 e. The van der Waals surface area contributed by atoms with Crippen LogP contribution in [0, 0.1) is 6.92 Å². The zero-order valence-electron chi connectivity index (χ0n) is 11.9. The van der Waals surface area contributed by atoms with Crippen LogP contribution >= 0.6 is 0 Å². The SMILES string of the molecule is Cc1nc(-c2ccco2)ccc1C(=O)N(C)CCC(=O)O. The van der Waals surface area contributed by atoms with Gasteiger partial charge in [-0.05, 0) is 31.2 Å². The van der Waals surface area contributed by atoms with Crippen molar-refractivity contribution in [2.24, 2.45) is 0 Å². The molecule has 0 unspecified atom stereocenters. The number of hydrogen-bond acceptors (Lipinski definition) is 4. The molecule has 0 spiro atoms. The normalized spacial score (nSPS) is 10.4. The van der Waals surface area contributed by atoms with Gasteiger partial charge in [0, 0.05) is 13.6 Å². The highest BCUT2D eigenvalue weighted by Gasteiger charge is 2.16. The second kappa shape index (κ2) is 6.21. The molecule has 0 aliphatic heterocycles. The minimum absolute atomic E-state index is 0.0841. The van der Waals surface area contributed by atoms with Gasteiger partial charge >= 0.3 is 5.97 Å². The molecule has 21 heavy (non-hydrogen) atoms. The summed E-state index contributed by atoms with van der Waals surface area (Å²) < 4.78 is 5.26. The van der Waals surface area contributed by atoms with E-state index in [2.05, 4.69) is 4.98 Å². The van der Waals surface area contributed by atoms with Crippen LogP contribution in [0.5, 0.6) is 0 Å². The third-order valence-electron chi connectivity index (χ3n) is 3.10. The van der Waals surface area contributed by atoms with Crippen molar-refractivity contribution >= 4 is 11.9 Å². The fourth-order valence-electron chi connectivity index (χ4n) is 1.92. The first-order chi connectivity index (χ1) is 9.99. The summed E-state index contributed by atoms with van der Waals surface area (Å²) in [6, 6.07) is 6.96. The van der Waals surface area contributed by atoms with Crippen LogP contribution in [-0.4, -0.2) is 40.5 Å². The highest BCUT2D eigenvalue weighted by atomic mass is 16.4. The molecule has 2 aromatic heterocycles. The van der Waals surface area contributed by atoms with Crippen LogP contribution in [0.1, 0.15) is 22.5 Å². The van der Waals surface area contributed by atoms with E-state index in [1.54, 1.807) is 44.5 Å². The Balaban J connectivity index is 2.17. The van der Waals surface area contributed by atoms with Crippen molar-refractivity contribution in [3.05, 3.63) is 41.8 Å². The number of carbonyl (C=O) groups is 2. The number of nitrogens with zero attached hydrogens (tertiary/aromatic N) is 2. The Labute approximate surface area is 122 Å². The van der Waals surface area contributed by atoms with Gasteiger partial charge in [0.15, 0.2) is 5.76 Å². The molecule has 0 aliphatic carbocycles. The van der Waals surface area contributed by atoms with Crippen LogP contribution in [0.4, 0.5) is 0 Å². The van der Waals surface area contributed by atoms with Crippen molar-refractivity contribution in [1.29, 1.82) is 0 Å². The molecule has 6 heteroatoms. The number of amides is 1. The number of aryl methyl sites for hydroxylation is 1. The summed E-state index contributed by atoms with van der Waals surface area (Å²) >= 11 is 0. The second-order valence-corrected chi connectivity index (χ2v) is 4.68. The summed E-state index contributed by atoms with van der Waals surface area (Å²) in [6.07, 6.45) is 1.48. The first kappa shape index (κ1) is 14.8. The van der Waals surface area contributed by atoms with E-state index >= 15 is 0 Å². The first-order valence-corrected chi connectivity index (χ1v) is 6.48. The Morgan fingerprint density at radius 3 is 2.67 bits per heavy atom. The average Bonchev–Trinajstić information content (AvgIpc) is 2.98. The van der Waals surface area contributed by atoms with Crippen LogP contribution in [0.2, 0.25) is 0 Å². The fourth-order valence-corrected chi connectivity index (χ4v) is 1.92. The molecule has 0 saturated heterocycles. The average molecular weight is 288 g/mol. The smallest absolute Gasteiger partial charge is 0.305 e. The molecule has 0 radical (unpaired) electrons. The lowest BCUT2D eigenvalue weighted by Crippen LogP contribution is -2.29. The predicted octanol–water partition coefficient (Wildman–Crippen LogP) is 2.20. The van der Waals surface area contributed by atoms with Gasteiger partial charge in [-0.2, -0.15) is 0 Å². The number of aromatic nitrogens is 1. The molecule has 0 bridgehead atoms. The Bertz CT molecular complexity index is 650. The molecule has 2 aromatic rings. The van der Waals surface area contributed by atoms with E-state index in [4.69, 9.17) is 9.52 Å². The summed E-state index contributed by atoms with van der Waals surface area (Å²) in [7, 11) is 1.57. The van der Waals surface area contributed by atoms with Crippen molar-refractivity contribution < 1.29 is 19.1 Å². The number of aliphatic carboxylic acids is 1. The molecule has 2 heterocycles. The van der Waals surface area contributed by atoms with Gasteiger partial charge < -0.3 is 14.4 Å². The molecule has 0 aliphatic rings. The molecular weight excluding hydrogens is 272 g/mol. The Morgan fingerprint density at radius 2 is 2.10 bits per heavy atom. The quantitative estimate of drug-likeness (QED) is 0.911. The minimum atomic E-state index is -0.933. The van der Waals surface area contributed by atoms with E-state index in [1.807, 2.05) is 0 Å². The molecule has 1 amide bonds. The lowest BCUT2D eigenvalue weighted by atomic mass is 10.1. The van der Waals surface area contributed by atoms with Gasteiger partial charge in [0.25, 0.3) is 5.91 Å². The lowest BCUT2D eigenvalue weighted by molar-refractivity contribution is -0.137. The lowest BCUT2D eigenvalue weighted by Gasteiger charge is -2.17. The molecule has 110 valence electrons. The largest absolute Gasteiger partial charge is 0.481 e. The number of carbonyl (C=O) groups excluding carboxylic acids is 1. The molecule has 0 fully saturated rings. The number of rotatable bonds is 5. The fraction of sp³-hybridized carbons (Fsp3) is 0.267. The number of carboxylic acid groups (broad SMARTS) is 1. The molecule has 0 aromatic carbocycles. The zero-order chi connectivity index (χ0) is 15.4. The summed E-state index contributed by atoms with van der Waals surface area (Å²) in [5, 5.41) is 8.65. The maximum atomic E-state index is 12.2. The van der Waals surface area contributed by atoms with Gasteiger partial charge in [-0.1, -0.05) is 0 Å². The van der Waals surface area contributed by atoms with Gasteiger partial charge in [-0.3, -0.25) is 9.59 Å². The number of hydrogen-bond donors (Lipinski definition) is 1. The second-order valence-electron chi connectivity index (χ2n) is 4.68. The van der Waals surface area contributed by atoms with Gasteiger partial charge in [-0.25, -0.2) is 4.98 Å². The molecule has 0 atom stereocenters. The van der Waals surface area contributed by atoms with E-state index in [-0.39, 0.29) is 18.9 Å². The summed E-state index contributed by atoms with van der Waals surface area (Å²) in [5.74, 6) is -0.541. The molecular formula is C15H16N2O4. The van der Waals surface area contributed by atoms with Gasteiger partial charge in [0.1, 0.15) is 5.69 Å². The van der Waals surface area contributed by atoms with Crippen molar-refractivity contribution in [2.75, 3.05) is 13.6 Å². The Hall–Kier alpha value is -2.63. The molecule has 2 rings (SSSR count). The third kappa shape index (κ3) is 3.47. The molecule has 6 nitrogen and oxygen atoms in total. The Morgan fingerprint density at radius 1 is 1.33 bits per heavy atom. The maximum absolute atomic E-state index is 12.2. The molecule has 1 N–H and O–H groups in total. The van der Waals surface area contributed by atoms with E-state index in [9.17, 15) is 9.59 Å². The van der Waals surface area contributed by atoms with Crippen LogP contribution in [0.15, 0.2) is 34.9 Å². The van der Waals surface area contributed by atoms with Crippen molar-refractivity contribution in [2.45, 2.75) is 13.3 Å². The monoisotopic (exact) mass is 288 g/mol. The summed E-state index contributed by atoms with van der Waals surface area (Å²) in [5.41, 5.74) is 1.69. The number of carboxylic acids is 1.